The second kappa shape index (κ2) is 5.44. The van der Waals surface area contributed by atoms with Crippen molar-refractivity contribution in [3.05, 3.63) is 35.4 Å². The molecule has 1 N–H and O–H groups in total. The van der Waals surface area contributed by atoms with Crippen LogP contribution in [-0.4, -0.2) is 19.6 Å². The number of piperidine rings is 1. The van der Waals surface area contributed by atoms with Gasteiger partial charge in [-0.1, -0.05) is 6.07 Å². The number of nitrogens with one attached hydrogen (secondary N) is 1. The van der Waals surface area contributed by atoms with Gasteiger partial charge in [-0.3, -0.25) is 4.79 Å². The normalized spacial score (nSPS) is 23.7. The summed E-state index contributed by atoms with van der Waals surface area (Å²) in [5, 5.41) is 3.13. The van der Waals surface area contributed by atoms with Crippen LogP contribution in [0.15, 0.2) is 18.2 Å². The van der Waals surface area contributed by atoms with Gasteiger partial charge < -0.3 is 10.1 Å². The molecule has 0 bridgehead atoms. The molecule has 98 valence electrons. The minimum Gasteiger partial charge on any atom is -0.469 e. The van der Waals surface area contributed by atoms with Crippen LogP contribution in [0.3, 0.4) is 0 Å². The molecule has 1 fully saturated rings. The topological polar surface area (TPSA) is 38.3 Å². The second-order valence-corrected chi connectivity index (χ2v) is 4.42. The van der Waals surface area contributed by atoms with Crippen molar-refractivity contribution >= 4 is 5.97 Å². The quantitative estimate of drug-likeness (QED) is 0.823. The van der Waals surface area contributed by atoms with Crippen molar-refractivity contribution in [3.8, 4) is 0 Å². The average molecular weight is 255 g/mol. The van der Waals surface area contributed by atoms with Gasteiger partial charge in [-0.2, -0.15) is 0 Å². The number of ether oxygens (including phenoxy) is 1. The smallest absolute Gasteiger partial charge is 0.308 e. The van der Waals surface area contributed by atoms with Crippen molar-refractivity contribution in [1.29, 1.82) is 0 Å². The summed E-state index contributed by atoms with van der Waals surface area (Å²) in [5.41, 5.74) is 0.394. The predicted octanol–water partition coefficient (Wildman–Crippen LogP) is 2.18. The van der Waals surface area contributed by atoms with Crippen molar-refractivity contribution < 1.29 is 18.3 Å². The molecule has 0 radical (unpaired) electrons. The Hall–Kier alpha value is -1.49. The van der Waals surface area contributed by atoms with Gasteiger partial charge in [-0.25, -0.2) is 8.78 Å². The molecule has 2 rings (SSSR count). The van der Waals surface area contributed by atoms with Crippen LogP contribution in [0.4, 0.5) is 8.78 Å². The Morgan fingerprint density at radius 2 is 2.22 bits per heavy atom. The third-order valence-electron chi connectivity index (χ3n) is 3.28. The van der Waals surface area contributed by atoms with Gasteiger partial charge >= 0.3 is 5.97 Å². The lowest BCUT2D eigenvalue weighted by Gasteiger charge is -2.29. The summed E-state index contributed by atoms with van der Waals surface area (Å²) >= 11 is 0. The van der Waals surface area contributed by atoms with Gasteiger partial charge in [0, 0.05) is 17.7 Å². The molecule has 2 unspecified atom stereocenters. The molecule has 0 aromatic heterocycles. The standard InChI is InChI=1S/C13H15F2NO2/c1-18-13(17)8-4-5-16-12(6-8)10-3-2-9(14)7-11(10)15/h2-3,7-8,12,16H,4-6H2,1H3. The molecule has 0 aliphatic carbocycles. The first-order valence-corrected chi connectivity index (χ1v) is 5.88. The van der Waals surface area contributed by atoms with Gasteiger partial charge in [-0.15, -0.1) is 0 Å². The number of esters is 1. The maximum atomic E-state index is 13.6. The molecule has 1 heterocycles. The summed E-state index contributed by atoms with van der Waals surface area (Å²) in [6.07, 6.45) is 1.14. The van der Waals surface area contributed by atoms with Gasteiger partial charge in [-0.05, 0) is 25.5 Å². The highest BCUT2D eigenvalue weighted by Gasteiger charge is 2.29. The molecule has 1 aromatic rings. The number of hydrogen-bond donors (Lipinski definition) is 1. The lowest BCUT2D eigenvalue weighted by molar-refractivity contribution is -0.146. The fourth-order valence-corrected chi connectivity index (χ4v) is 2.32. The lowest BCUT2D eigenvalue weighted by atomic mass is 9.88. The largest absolute Gasteiger partial charge is 0.469 e. The Bertz CT molecular complexity index is 451. The Kier molecular flexibility index (Phi) is 3.91. The molecule has 18 heavy (non-hydrogen) atoms. The SMILES string of the molecule is COC(=O)C1CCNC(c2ccc(F)cc2F)C1. The zero-order chi connectivity index (χ0) is 13.1. The maximum absolute atomic E-state index is 13.6. The Labute approximate surface area is 104 Å². The van der Waals surface area contributed by atoms with Crippen molar-refractivity contribution in [2.45, 2.75) is 18.9 Å². The Morgan fingerprint density at radius 1 is 1.44 bits per heavy atom. The third-order valence-corrected chi connectivity index (χ3v) is 3.28. The van der Waals surface area contributed by atoms with Crippen LogP contribution in [0.25, 0.3) is 0 Å². The summed E-state index contributed by atoms with van der Waals surface area (Å²) in [6, 6.07) is 3.23. The minimum absolute atomic E-state index is 0.231. The summed E-state index contributed by atoms with van der Waals surface area (Å²) < 4.78 is 31.2. The highest BCUT2D eigenvalue weighted by atomic mass is 19.1. The number of hydrogen-bond acceptors (Lipinski definition) is 3. The molecular weight excluding hydrogens is 240 g/mol. The van der Waals surface area contributed by atoms with Gasteiger partial charge in [0.15, 0.2) is 0 Å². The molecule has 1 saturated heterocycles. The number of benzene rings is 1. The van der Waals surface area contributed by atoms with E-state index in [0.29, 0.717) is 24.9 Å². The van der Waals surface area contributed by atoms with Gasteiger partial charge in [0.2, 0.25) is 0 Å². The van der Waals surface area contributed by atoms with Crippen molar-refractivity contribution in [1.82, 2.24) is 5.32 Å². The molecular formula is C13H15F2NO2. The molecule has 2 atom stereocenters. The average Bonchev–Trinajstić information content (AvgIpc) is 2.38. The summed E-state index contributed by atoms with van der Waals surface area (Å²) in [6.45, 7) is 0.612. The number of rotatable bonds is 2. The lowest BCUT2D eigenvalue weighted by Crippen LogP contribution is -2.35. The van der Waals surface area contributed by atoms with E-state index in [2.05, 4.69) is 5.32 Å². The van der Waals surface area contributed by atoms with Crippen LogP contribution in [0, 0.1) is 17.6 Å². The van der Waals surface area contributed by atoms with E-state index >= 15 is 0 Å². The maximum Gasteiger partial charge on any atom is 0.308 e. The van der Waals surface area contributed by atoms with E-state index in [9.17, 15) is 13.6 Å². The van der Waals surface area contributed by atoms with Crippen LogP contribution >= 0.6 is 0 Å². The van der Waals surface area contributed by atoms with Crippen molar-refractivity contribution in [2.75, 3.05) is 13.7 Å². The summed E-state index contributed by atoms with van der Waals surface area (Å²) in [4.78, 5) is 11.5. The fourth-order valence-electron chi connectivity index (χ4n) is 2.32. The van der Waals surface area contributed by atoms with Gasteiger partial charge in [0.25, 0.3) is 0 Å². The van der Waals surface area contributed by atoms with Crippen LogP contribution in [-0.2, 0) is 9.53 Å². The molecule has 3 nitrogen and oxygen atoms in total. The van der Waals surface area contributed by atoms with Crippen LogP contribution in [0.1, 0.15) is 24.4 Å². The second-order valence-electron chi connectivity index (χ2n) is 4.42. The molecule has 0 spiro atoms. The monoisotopic (exact) mass is 255 g/mol. The van der Waals surface area contributed by atoms with Gasteiger partial charge in [0.05, 0.1) is 13.0 Å². The first kappa shape index (κ1) is 13.0. The van der Waals surface area contributed by atoms with E-state index in [1.165, 1.54) is 19.2 Å². The first-order chi connectivity index (χ1) is 8.61. The van der Waals surface area contributed by atoms with Crippen LogP contribution in [0.5, 0.6) is 0 Å². The van der Waals surface area contributed by atoms with Crippen LogP contribution < -0.4 is 5.32 Å². The minimum atomic E-state index is -0.600. The highest BCUT2D eigenvalue weighted by molar-refractivity contribution is 5.72. The predicted molar refractivity (Wildman–Crippen MR) is 61.8 cm³/mol. The van der Waals surface area contributed by atoms with Gasteiger partial charge in [0.1, 0.15) is 11.6 Å². The Balaban J connectivity index is 2.15. The van der Waals surface area contributed by atoms with Crippen molar-refractivity contribution in [2.24, 2.45) is 5.92 Å². The molecule has 1 aliphatic rings. The molecule has 5 heteroatoms. The Morgan fingerprint density at radius 3 is 2.89 bits per heavy atom. The van der Waals surface area contributed by atoms with E-state index in [4.69, 9.17) is 4.74 Å². The third kappa shape index (κ3) is 2.67. The van der Waals surface area contributed by atoms with Crippen LogP contribution in [0.2, 0.25) is 0 Å². The zero-order valence-electron chi connectivity index (χ0n) is 10.1. The van der Waals surface area contributed by atoms with E-state index in [1.807, 2.05) is 0 Å². The molecule has 0 saturated carbocycles. The highest BCUT2D eigenvalue weighted by Crippen LogP contribution is 2.29. The van der Waals surface area contributed by atoms with E-state index in [1.54, 1.807) is 0 Å². The molecule has 0 amide bonds. The van der Waals surface area contributed by atoms with E-state index in [0.717, 1.165) is 6.07 Å². The number of methoxy groups -OCH3 is 1. The number of carbonyl (C=O) groups is 1. The number of halogens is 2. The molecule has 1 aliphatic heterocycles. The van der Waals surface area contributed by atoms with E-state index in [-0.39, 0.29) is 17.9 Å². The summed E-state index contributed by atoms with van der Waals surface area (Å²) in [7, 11) is 1.35. The first-order valence-electron chi connectivity index (χ1n) is 5.88. The summed E-state index contributed by atoms with van der Waals surface area (Å²) in [5.74, 6) is -1.69. The molecule has 1 aromatic carbocycles. The van der Waals surface area contributed by atoms with Crippen molar-refractivity contribution in [3.63, 3.8) is 0 Å². The fraction of sp³-hybridized carbons (Fsp3) is 0.462. The zero-order valence-corrected chi connectivity index (χ0v) is 10.1. The van der Waals surface area contributed by atoms with E-state index < -0.39 is 11.6 Å². The number of carbonyl (C=O) groups excluding carboxylic acids is 1.